The molecule has 1 rings (SSSR count). The molecule has 0 aliphatic rings. The lowest BCUT2D eigenvalue weighted by Crippen LogP contribution is -2.24. The van der Waals surface area contributed by atoms with Crippen molar-refractivity contribution < 1.29 is 13.2 Å². The van der Waals surface area contributed by atoms with Crippen molar-refractivity contribution in [3.05, 3.63) is 15.9 Å². The Kier molecular flexibility index (Phi) is 5.57. The highest BCUT2D eigenvalue weighted by atomic mass is 79.9. The van der Waals surface area contributed by atoms with Crippen LogP contribution in [0.5, 0.6) is 0 Å². The predicted octanol–water partition coefficient (Wildman–Crippen LogP) is 1.44. The van der Waals surface area contributed by atoms with Crippen molar-refractivity contribution in [2.24, 2.45) is 5.73 Å². The van der Waals surface area contributed by atoms with Crippen molar-refractivity contribution >= 4 is 43.2 Å². The van der Waals surface area contributed by atoms with Gasteiger partial charge in [0.2, 0.25) is 5.91 Å². The van der Waals surface area contributed by atoms with E-state index in [4.69, 9.17) is 5.73 Å². The Morgan fingerprint density at radius 2 is 2.18 bits per heavy atom. The first kappa shape index (κ1) is 14.6. The molecule has 1 heterocycles. The van der Waals surface area contributed by atoms with Gasteiger partial charge >= 0.3 is 0 Å². The number of nitrogens with two attached hydrogens (primary N) is 1. The lowest BCUT2D eigenvalue weighted by atomic mass is 10.2. The van der Waals surface area contributed by atoms with Gasteiger partial charge in [0.25, 0.3) is 10.0 Å². The Hall–Kier alpha value is -0.440. The molecule has 0 saturated carbocycles. The number of hydrogen-bond donors (Lipinski definition) is 2. The van der Waals surface area contributed by atoms with Crippen LogP contribution in [-0.2, 0) is 14.8 Å². The third-order valence-corrected chi connectivity index (χ3v) is 6.10. The van der Waals surface area contributed by atoms with Gasteiger partial charge in [-0.1, -0.05) is 0 Å². The van der Waals surface area contributed by atoms with Crippen molar-refractivity contribution in [1.82, 2.24) is 4.72 Å². The lowest BCUT2D eigenvalue weighted by molar-refractivity contribution is -0.118. The van der Waals surface area contributed by atoms with Crippen LogP contribution in [0.2, 0.25) is 0 Å². The molecule has 0 bridgehead atoms. The largest absolute Gasteiger partial charge is 0.370 e. The molecule has 0 saturated heterocycles. The van der Waals surface area contributed by atoms with Crippen LogP contribution in [0, 0.1) is 0 Å². The molecular formula is C9H13BrN2O3S2. The number of amides is 1. The number of halogens is 1. The number of carbonyl (C=O) groups is 1. The summed E-state index contributed by atoms with van der Waals surface area (Å²) < 4.78 is 26.9. The molecule has 0 aliphatic carbocycles. The monoisotopic (exact) mass is 340 g/mol. The van der Waals surface area contributed by atoms with Gasteiger partial charge < -0.3 is 5.73 Å². The standard InChI is InChI=1S/C9H13BrN2O3S2/c10-7-4-6-16-9(7)17(14,15)12-5-2-1-3-8(11)13/h4,6,12H,1-3,5H2,(H2,11,13). The minimum absolute atomic E-state index is 0.271. The zero-order chi connectivity index (χ0) is 12.9. The molecule has 1 aromatic rings. The number of sulfonamides is 1. The fraction of sp³-hybridized carbons (Fsp3) is 0.444. The lowest BCUT2D eigenvalue weighted by Gasteiger charge is -2.04. The van der Waals surface area contributed by atoms with Gasteiger partial charge in [-0.25, -0.2) is 13.1 Å². The first-order valence-electron chi connectivity index (χ1n) is 4.94. The van der Waals surface area contributed by atoms with Gasteiger partial charge in [-0.15, -0.1) is 11.3 Å². The molecule has 0 unspecified atom stereocenters. The highest BCUT2D eigenvalue weighted by molar-refractivity contribution is 9.10. The van der Waals surface area contributed by atoms with Gasteiger partial charge in [0.15, 0.2) is 0 Å². The fourth-order valence-corrected chi connectivity index (χ4v) is 4.62. The summed E-state index contributed by atoms with van der Waals surface area (Å²) in [6.07, 6.45) is 1.46. The third-order valence-electron chi connectivity index (χ3n) is 1.97. The van der Waals surface area contributed by atoms with Crippen molar-refractivity contribution in [3.63, 3.8) is 0 Å². The molecular weight excluding hydrogens is 328 g/mol. The number of primary amides is 1. The highest BCUT2D eigenvalue weighted by Gasteiger charge is 2.18. The normalized spacial score (nSPS) is 11.6. The van der Waals surface area contributed by atoms with E-state index >= 15 is 0 Å². The Labute approximate surface area is 113 Å². The van der Waals surface area contributed by atoms with Gasteiger partial charge in [0.05, 0.1) is 0 Å². The second-order valence-corrected chi connectivity index (χ2v) is 7.11. The zero-order valence-electron chi connectivity index (χ0n) is 8.98. The van der Waals surface area contributed by atoms with E-state index < -0.39 is 10.0 Å². The van der Waals surface area contributed by atoms with E-state index in [0.29, 0.717) is 23.9 Å². The fourth-order valence-electron chi connectivity index (χ4n) is 1.17. The van der Waals surface area contributed by atoms with Crippen LogP contribution in [0.3, 0.4) is 0 Å². The molecule has 8 heteroatoms. The number of rotatable bonds is 7. The molecule has 1 amide bonds. The molecule has 0 aliphatic heterocycles. The summed E-state index contributed by atoms with van der Waals surface area (Å²) in [6.45, 7) is 0.306. The highest BCUT2D eigenvalue weighted by Crippen LogP contribution is 2.27. The van der Waals surface area contributed by atoms with Gasteiger partial charge in [-0.3, -0.25) is 4.79 Å². The minimum Gasteiger partial charge on any atom is -0.370 e. The SMILES string of the molecule is NC(=O)CCCCNS(=O)(=O)c1sccc1Br. The smallest absolute Gasteiger partial charge is 0.251 e. The number of thiophene rings is 1. The summed E-state index contributed by atoms with van der Waals surface area (Å²) in [4.78, 5) is 10.5. The van der Waals surface area contributed by atoms with Crippen LogP contribution in [0.1, 0.15) is 19.3 Å². The van der Waals surface area contributed by atoms with Gasteiger partial charge in [-0.2, -0.15) is 0 Å². The van der Waals surface area contributed by atoms with Crippen LogP contribution >= 0.6 is 27.3 Å². The van der Waals surface area contributed by atoms with E-state index in [0.717, 1.165) is 11.3 Å². The summed E-state index contributed by atoms with van der Waals surface area (Å²) in [7, 11) is -3.44. The number of unbranched alkanes of at least 4 members (excludes halogenated alkanes) is 1. The molecule has 96 valence electrons. The van der Waals surface area contributed by atoms with E-state index in [1.807, 2.05) is 0 Å². The maximum absolute atomic E-state index is 11.8. The predicted molar refractivity (Wildman–Crippen MR) is 70.3 cm³/mol. The molecule has 0 radical (unpaired) electrons. The van der Waals surface area contributed by atoms with Gasteiger partial charge in [0, 0.05) is 17.4 Å². The quantitative estimate of drug-likeness (QED) is 0.736. The van der Waals surface area contributed by atoms with Crippen molar-refractivity contribution in [1.29, 1.82) is 0 Å². The average molecular weight is 341 g/mol. The molecule has 5 nitrogen and oxygen atoms in total. The summed E-state index contributed by atoms with van der Waals surface area (Å²) in [6, 6.07) is 1.69. The first-order valence-corrected chi connectivity index (χ1v) is 8.10. The minimum atomic E-state index is -3.44. The topological polar surface area (TPSA) is 89.3 Å². The van der Waals surface area contributed by atoms with Crippen LogP contribution in [0.15, 0.2) is 20.1 Å². The Bertz CT molecular complexity index is 484. The van der Waals surface area contributed by atoms with Gasteiger partial charge in [0.1, 0.15) is 4.21 Å². The maximum Gasteiger partial charge on any atom is 0.251 e. The number of hydrogen-bond acceptors (Lipinski definition) is 4. The van der Waals surface area contributed by atoms with E-state index in [1.54, 1.807) is 11.4 Å². The first-order chi connectivity index (χ1) is 7.93. The Balaban J connectivity index is 2.41. The second kappa shape index (κ2) is 6.48. The number of carbonyl (C=O) groups excluding carboxylic acids is 1. The summed E-state index contributed by atoms with van der Waals surface area (Å²) >= 11 is 4.33. The zero-order valence-corrected chi connectivity index (χ0v) is 12.2. The maximum atomic E-state index is 11.8. The molecule has 0 spiro atoms. The third kappa shape index (κ3) is 4.74. The molecule has 0 fully saturated rings. The molecule has 0 atom stereocenters. The summed E-state index contributed by atoms with van der Waals surface area (Å²) in [5, 5.41) is 1.70. The molecule has 17 heavy (non-hydrogen) atoms. The second-order valence-electron chi connectivity index (χ2n) is 3.38. The van der Waals surface area contributed by atoms with E-state index in [-0.39, 0.29) is 16.5 Å². The average Bonchev–Trinajstić information content (AvgIpc) is 2.64. The van der Waals surface area contributed by atoms with E-state index in [1.165, 1.54) is 0 Å². The molecule has 3 N–H and O–H groups in total. The van der Waals surface area contributed by atoms with Crippen LogP contribution in [0.25, 0.3) is 0 Å². The van der Waals surface area contributed by atoms with Crippen molar-refractivity contribution in [2.45, 2.75) is 23.5 Å². The Morgan fingerprint density at radius 1 is 1.47 bits per heavy atom. The van der Waals surface area contributed by atoms with Gasteiger partial charge in [-0.05, 0) is 40.2 Å². The van der Waals surface area contributed by atoms with Crippen LogP contribution in [0.4, 0.5) is 0 Å². The number of nitrogens with one attached hydrogen (secondary N) is 1. The van der Waals surface area contributed by atoms with E-state index in [9.17, 15) is 13.2 Å². The Morgan fingerprint density at radius 3 is 2.71 bits per heavy atom. The molecule has 1 aromatic heterocycles. The van der Waals surface area contributed by atoms with E-state index in [2.05, 4.69) is 20.7 Å². The van der Waals surface area contributed by atoms with Crippen molar-refractivity contribution in [2.75, 3.05) is 6.54 Å². The van der Waals surface area contributed by atoms with Crippen LogP contribution < -0.4 is 10.5 Å². The van der Waals surface area contributed by atoms with Crippen molar-refractivity contribution in [3.8, 4) is 0 Å². The summed E-state index contributed by atoms with van der Waals surface area (Å²) in [5.74, 6) is -0.367. The molecule has 0 aromatic carbocycles. The summed E-state index contributed by atoms with van der Waals surface area (Å²) in [5.41, 5.74) is 4.98. The van der Waals surface area contributed by atoms with Crippen LogP contribution in [-0.4, -0.2) is 20.9 Å².